The summed E-state index contributed by atoms with van der Waals surface area (Å²) in [4.78, 5) is 6.25. The summed E-state index contributed by atoms with van der Waals surface area (Å²) >= 11 is 0. The van der Waals surface area contributed by atoms with E-state index in [1.54, 1.807) is 14.2 Å². The first-order valence-electron chi connectivity index (χ1n) is 13.2. The van der Waals surface area contributed by atoms with Crippen molar-refractivity contribution in [1.29, 1.82) is 0 Å². The Kier molecular flexibility index (Phi) is 5.75. The summed E-state index contributed by atoms with van der Waals surface area (Å²) in [6, 6.07) is 19.5. The Morgan fingerprint density at radius 3 is 2.66 bits per heavy atom. The smallest absolute Gasteiger partial charge is 0.162 e. The van der Waals surface area contributed by atoms with Gasteiger partial charge in [-0.05, 0) is 77.6 Å². The second-order valence-corrected chi connectivity index (χ2v) is 10.2. The van der Waals surface area contributed by atoms with Gasteiger partial charge in [0.15, 0.2) is 11.5 Å². The molecule has 4 heterocycles. The van der Waals surface area contributed by atoms with Crippen molar-refractivity contribution in [2.75, 3.05) is 32.3 Å². The van der Waals surface area contributed by atoms with E-state index in [0.717, 1.165) is 61.0 Å². The third-order valence-electron chi connectivity index (χ3n) is 8.10. The van der Waals surface area contributed by atoms with Crippen molar-refractivity contribution < 1.29 is 14.2 Å². The first kappa shape index (κ1) is 23.2. The number of benzene rings is 3. The standard InChI is InChI=1S/C31H32N4O3/c1-36-23-8-9-27-25(15-23)26-16-29-24-17-31(30(37-2)14-21(24)10-13-34(29)18-28(26)33-27)38-19-20-4-6-22(7-5-20)35-12-3-11-32-35/h3-9,12,14-15,17,29,32-33H,10-11,13,16,18-19H2,1-2H3. The van der Waals surface area contributed by atoms with Gasteiger partial charge >= 0.3 is 0 Å². The minimum Gasteiger partial charge on any atom is -0.497 e. The zero-order chi connectivity index (χ0) is 25.6. The summed E-state index contributed by atoms with van der Waals surface area (Å²) in [5.74, 6) is 2.49. The van der Waals surface area contributed by atoms with Crippen molar-refractivity contribution in [3.05, 3.63) is 94.8 Å². The number of H-pyrrole nitrogens is 1. The molecule has 1 unspecified atom stereocenters. The van der Waals surface area contributed by atoms with Gasteiger partial charge < -0.3 is 19.2 Å². The quantitative estimate of drug-likeness (QED) is 0.371. The van der Waals surface area contributed by atoms with Gasteiger partial charge in [-0.25, -0.2) is 5.43 Å². The van der Waals surface area contributed by atoms with Crippen LogP contribution in [0.15, 0.2) is 66.9 Å². The minimum absolute atomic E-state index is 0.310. The van der Waals surface area contributed by atoms with Gasteiger partial charge in [-0.15, -0.1) is 0 Å². The van der Waals surface area contributed by atoms with Crippen molar-refractivity contribution >= 4 is 16.6 Å². The van der Waals surface area contributed by atoms with Crippen LogP contribution in [0.25, 0.3) is 10.9 Å². The zero-order valence-electron chi connectivity index (χ0n) is 21.8. The van der Waals surface area contributed by atoms with Gasteiger partial charge in [0.05, 0.1) is 19.9 Å². The SMILES string of the molecule is COc1ccc2[nH]c3c(c2c1)CC1c2cc(OCc4ccc(N5C=CCN5)cc4)c(OC)cc2CCN1C3. The number of hydrogen-bond donors (Lipinski definition) is 2. The van der Waals surface area contributed by atoms with Crippen LogP contribution in [0.5, 0.6) is 17.2 Å². The summed E-state index contributed by atoms with van der Waals surface area (Å²) in [5.41, 5.74) is 12.1. The maximum absolute atomic E-state index is 6.37. The molecule has 0 amide bonds. The summed E-state index contributed by atoms with van der Waals surface area (Å²) in [5, 5.41) is 3.29. The molecule has 7 heteroatoms. The lowest BCUT2D eigenvalue weighted by Crippen LogP contribution is -2.39. The maximum Gasteiger partial charge on any atom is 0.162 e. The van der Waals surface area contributed by atoms with Crippen LogP contribution < -0.4 is 24.6 Å². The van der Waals surface area contributed by atoms with E-state index in [1.165, 1.54) is 33.3 Å². The Morgan fingerprint density at radius 2 is 1.87 bits per heavy atom. The molecular formula is C31H32N4O3. The number of aromatic amines is 1. The lowest BCUT2D eigenvalue weighted by molar-refractivity contribution is 0.158. The van der Waals surface area contributed by atoms with Gasteiger partial charge in [-0.2, -0.15) is 0 Å². The lowest BCUT2D eigenvalue weighted by Gasteiger charge is -2.40. The molecule has 0 saturated carbocycles. The second-order valence-electron chi connectivity index (χ2n) is 10.2. The molecule has 0 fully saturated rings. The molecular weight excluding hydrogens is 476 g/mol. The Hall–Kier alpha value is -3.94. The summed E-state index contributed by atoms with van der Waals surface area (Å²) < 4.78 is 17.7. The van der Waals surface area contributed by atoms with Gasteiger partial charge in [0.25, 0.3) is 0 Å². The molecule has 0 saturated heterocycles. The average Bonchev–Trinajstić information content (AvgIpc) is 3.62. The van der Waals surface area contributed by atoms with Crippen LogP contribution in [0.2, 0.25) is 0 Å². The molecule has 0 radical (unpaired) electrons. The highest BCUT2D eigenvalue weighted by atomic mass is 16.5. The van der Waals surface area contributed by atoms with E-state index >= 15 is 0 Å². The van der Waals surface area contributed by atoms with Crippen molar-refractivity contribution in [3.63, 3.8) is 0 Å². The first-order valence-corrected chi connectivity index (χ1v) is 13.2. The van der Waals surface area contributed by atoms with Crippen molar-refractivity contribution in [2.24, 2.45) is 0 Å². The van der Waals surface area contributed by atoms with E-state index in [0.29, 0.717) is 12.6 Å². The fourth-order valence-electron chi connectivity index (χ4n) is 6.09. The monoisotopic (exact) mass is 508 g/mol. The first-order chi connectivity index (χ1) is 18.7. The van der Waals surface area contributed by atoms with Crippen LogP contribution >= 0.6 is 0 Å². The molecule has 194 valence electrons. The molecule has 38 heavy (non-hydrogen) atoms. The van der Waals surface area contributed by atoms with Crippen molar-refractivity contribution in [3.8, 4) is 17.2 Å². The highest BCUT2D eigenvalue weighted by Gasteiger charge is 2.34. The number of nitrogens with zero attached hydrogens (tertiary/aromatic N) is 2. The van der Waals surface area contributed by atoms with E-state index in [1.807, 2.05) is 17.3 Å². The number of fused-ring (bicyclic) bond motifs is 6. The average molecular weight is 509 g/mol. The number of methoxy groups -OCH3 is 2. The summed E-state index contributed by atoms with van der Waals surface area (Å²) in [6.07, 6.45) is 6.12. The summed E-state index contributed by atoms with van der Waals surface area (Å²) in [6.45, 7) is 3.30. The molecule has 4 aromatic rings. The molecule has 2 N–H and O–H groups in total. The Balaban J connectivity index is 1.16. The van der Waals surface area contributed by atoms with Gasteiger partial charge in [0.2, 0.25) is 0 Å². The molecule has 1 aromatic heterocycles. The van der Waals surface area contributed by atoms with Crippen LogP contribution in [0.3, 0.4) is 0 Å². The molecule has 7 rings (SSSR count). The van der Waals surface area contributed by atoms with Crippen LogP contribution in [0.1, 0.15) is 34.0 Å². The normalized spacial score (nSPS) is 18.3. The number of anilines is 1. The van der Waals surface area contributed by atoms with Gasteiger partial charge in [0.1, 0.15) is 12.4 Å². The number of rotatable bonds is 6. The minimum atomic E-state index is 0.310. The number of ether oxygens (including phenoxy) is 3. The summed E-state index contributed by atoms with van der Waals surface area (Å²) in [7, 11) is 3.45. The molecule has 3 aliphatic rings. The highest BCUT2D eigenvalue weighted by Crippen LogP contribution is 2.44. The van der Waals surface area contributed by atoms with E-state index in [9.17, 15) is 0 Å². The number of hydrogen-bond acceptors (Lipinski definition) is 6. The topological polar surface area (TPSA) is 62.0 Å². The molecule has 1 atom stereocenters. The molecule has 3 aliphatic heterocycles. The Labute approximate surface area is 222 Å². The predicted octanol–water partition coefficient (Wildman–Crippen LogP) is 5.26. The largest absolute Gasteiger partial charge is 0.497 e. The molecule has 7 nitrogen and oxygen atoms in total. The number of hydrazine groups is 1. The van der Waals surface area contributed by atoms with Crippen LogP contribution in [-0.2, 0) is 26.0 Å². The molecule has 0 spiro atoms. The van der Waals surface area contributed by atoms with Crippen molar-refractivity contribution in [2.45, 2.75) is 32.0 Å². The third kappa shape index (κ3) is 3.99. The van der Waals surface area contributed by atoms with E-state index in [-0.39, 0.29) is 0 Å². The highest BCUT2D eigenvalue weighted by molar-refractivity contribution is 5.86. The Morgan fingerprint density at radius 1 is 0.974 bits per heavy atom. The predicted molar refractivity (Wildman–Crippen MR) is 149 cm³/mol. The van der Waals surface area contributed by atoms with Gasteiger partial charge in [-0.1, -0.05) is 18.2 Å². The third-order valence-corrected chi connectivity index (χ3v) is 8.10. The van der Waals surface area contributed by atoms with Crippen LogP contribution in [0, 0.1) is 0 Å². The molecule has 0 aliphatic carbocycles. The van der Waals surface area contributed by atoms with Gasteiger partial charge in [0, 0.05) is 48.5 Å². The second kappa shape index (κ2) is 9.42. The van der Waals surface area contributed by atoms with E-state index in [2.05, 4.69) is 69.9 Å². The number of aromatic nitrogens is 1. The van der Waals surface area contributed by atoms with Gasteiger partial charge in [-0.3, -0.25) is 9.91 Å². The lowest BCUT2D eigenvalue weighted by atomic mass is 9.85. The fourth-order valence-corrected chi connectivity index (χ4v) is 6.09. The van der Waals surface area contributed by atoms with E-state index < -0.39 is 0 Å². The van der Waals surface area contributed by atoms with Crippen LogP contribution in [0.4, 0.5) is 5.69 Å². The molecule has 0 bridgehead atoms. The maximum atomic E-state index is 6.37. The number of nitrogens with one attached hydrogen (secondary N) is 2. The van der Waals surface area contributed by atoms with Crippen LogP contribution in [-0.4, -0.2) is 37.2 Å². The molecule has 3 aromatic carbocycles. The van der Waals surface area contributed by atoms with E-state index in [4.69, 9.17) is 14.2 Å². The zero-order valence-corrected chi connectivity index (χ0v) is 21.8. The fraction of sp³-hybridized carbons (Fsp3) is 0.290. The Bertz CT molecular complexity index is 1520. The van der Waals surface area contributed by atoms with Crippen molar-refractivity contribution in [1.82, 2.24) is 15.3 Å².